The Morgan fingerprint density at radius 3 is 3.00 bits per heavy atom. The molecule has 3 atom stereocenters. The van der Waals surface area contributed by atoms with Crippen LogP contribution in [0.3, 0.4) is 0 Å². The van der Waals surface area contributed by atoms with E-state index in [4.69, 9.17) is 10.5 Å². The van der Waals surface area contributed by atoms with Crippen LogP contribution in [0.1, 0.15) is 18.9 Å². The summed E-state index contributed by atoms with van der Waals surface area (Å²) in [5.41, 5.74) is 7.50. The minimum Gasteiger partial charge on any atom is -0.398 e. The van der Waals surface area contributed by atoms with Crippen LogP contribution < -0.4 is 5.73 Å². The standard InChI is InChI=1S/C12H16BrNO2S/c1-8-11(5-6-16-8)17(15)7-9-3-2-4-10(14)12(9)13/h2-4,8,11H,5-7,14H2,1H3. The molecule has 0 spiro atoms. The summed E-state index contributed by atoms with van der Waals surface area (Å²) >= 11 is 3.44. The second-order valence-electron chi connectivity index (χ2n) is 4.25. The highest BCUT2D eigenvalue weighted by molar-refractivity contribution is 9.10. The Balaban J connectivity index is 2.10. The monoisotopic (exact) mass is 317 g/mol. The van der Waals surface area contributed by atoms with E-state index in [1.807, 2.05) is 25.1 Å². The Hall–Kier alpha value is -0.390. The van der Waals surface area contributed by atoms with Gasteiger partial charge in [0.05, 0.1) is 17.1 Å². The molecule has 1 aliphatic heterocycles. The van der Waals surface area contributed by atoms with Crippen molar-refractivity contribution >= 4 is 32.4 Å². The van der Waals surface area contributed by atoms with Crippen LogP contribution in [0.5, 0.6) is 0 Å². The van der Waals surface area contributed by atoms with Crippen molar-refractivity contribution in [2.24, 2.45) is 0 Å². The van der Waals surface area contributed by atoms with Gasteiger partial charge in [-0.05, 0) is 40.9 Å². The average molecular weight is 318 g/mol. The molecule has 5 heteroatoms. The van der Waals surface area contributed by atoms with E-state index in [1.54, 1.807) is 0 Å². The first-order valence-electron chi connectivity index (χ1n) is 5.61. The molecule has 1 heterocycles. The molecule has 1 fully saturated rings. The summed E-state index contributed by atoms with van der Waals surface area (Å²) < 4.78 is 18.6. The second kappa shape index (κ2) is 5.50. The topological polar surface area (TPSA) is 52.3 Å². The van der Waals surface area contributed by atoms with Crippen molar-refractivity contribution in [3.05, 3.63) is 28.2 Å². The second-order valence-corrected chi connectivity index (χ2v) is 6.70. The van der Waals surface area contributed by atoms with E-state index in [0.29, 0.717) is 11.4 Å². The number of nitrogen functional groups attached to an aromatic ring is 1. The van der Waals surface area contributed by atoms with Gasteiger partial charge in [-0.1, -0.05) is 12.1 Å². The molecule has 3 unspecified atom stereocenters. The van der Waals surface area contributed by atoms with Crippen LogP contribution in [0.15, 0.2) is 22.7 Å². The number of ether oxygens (including phenoxy) is 1. The average Bonchev–Trinajstić information content (AvgIpc) is 2.71. The van der Waals surface area contributed by atoms with Gasteiger partial charge in [0, 0.05) is 27.6 Å². The molecule has 1 saturated heterocycles. The zero-order valence-corrected chi connectivity index (χ0v) is 12.1. The lowest BCUT2D eigenvalue weighted by Crippen LogP contribution is -2.24. The van der Waals surface area contributed by atoms with Crippen LogP contribution in [0.4, 0.5) is 5.69 Å². The smallest absolute Gasteiger partial charge is 0.0691 e. The molecule has 0 radical (unpaired) electrons. The minimum atomic E-state index is -0.906. The Morgan fingerprint density at radius 1 is 1.59 bits per heavy atom. The number of nitrogens with two attached hydrogens (primary N) is 1. The van der Waals surface area contributed by atoms with Crippen molar-refractivity contribution in [1.82, 2.24) is 0 Å². The largest absolute Gasteiger partial charge is 0.398 e. The van der Waals surface area contributed by atoms with E-state index in [9.17, 15) is 4.21 Å². The summed E-state index contributed by atoms with van der Waals surface area (Å²) in [6.07, 6.45) is 0.976. The quantitative estimate of drug-likeness (QED) is 0.871. The van der Waals surface area contributed by atoms with Crippen molar-refractivity contribution < 1.29 is 8.95 Å². The normalized spacial score (nSPS) is 26.0. The molecule has 0 aliphatic carbocycles. The van der Waals surface area contributed by atoms with E-state index in [-0.39, 0.29) is 11.4 Å². The molecule has 0 bridgehead atoms. The first kappa shape index (κ1) is 13.1. The summed E-state index contributed by atoms with van der Waals surface area (Å²) in [6, 6.07) is 5.68. The molecule has 2 N–H and O–H groups in total. The lowest BCUT2D eigenvalue weighted by molar-refractivity contribution is 0.127. The fourth-order valence-corrected chi connectivity index (χ4v) is 4.25. The highest BCUT2D eigenvalue weighted by Crippen LogP contribution is 2.27. The van der Waals surface area contributed by atoms with Crippen molar-refractivity contribution in [2.45, 2.75) is 30.5 Å². The number of benzene rings is 1. The van der Waals surface area contributed by atoms with Gasteiger partial charge in [-0.25, -0.2) is 0 Å². The molecule has 1 aliphatic rings. The molecule has 3 nitrogen and oxygen atoms in total. The van der Waals surface area contributed by atoms with Crippen LogP contribution in [-0.4, -0.2) is 22.2 Å². The lowest BCUT2D eigenvalue weighted by atomic mass is 10.2. The summed E-state index contributed by atoms with van der Waals surface area (Å²) in [7, 11) is -0.906. The van der Waals surface area contributed by atoms with E-state index >= 15 is 0 Å². The maximum absolute atomic E-state index is 12.3. The zero-order valence-electron chi connectivity index (χ0n) is 9.69. The van der Waals surface area contributed by atoms with Crippen molar-refractivity contribution in [1.29, 1.82) is 0 Å². The van der Waals surface area contributed by atoms with Crippen LogP contribution in [0, 0.1) is 0 Å². The molecule has 17 heavy (non-hydrogen) atoms. The van der Waals surface area contributed by atoms with Gasteiger partial charge in [0.15, 0.2) is 0 Å². The molecule has 0 saturated carbocycles. The van der Waals surface area contributed by atoms with Gasteiger partial charge in [0.25, 0.3) is 0 Å². The maximum Gasteiger partial charge on any atom is 0.0691 e. The molecule has 1 aromatic rings. The van der Waals surface area contributed by atoms with E-state index in [0.717, 1.165) is 23.1 Å². The first-order chi connectivity index (χ1) is 8.09. The van der Waals surface area contributed by atoms with Gasteiger partial charge in [0.1, 0.15) is 0 Å². The van der Waals surface area contributed by atoms with Crippen LogP contribution in [0.2, 0.25) is 0 Å². The number of hydrogen-bond acceptors (Lipinski definition) is 3. The third kappa shape index (κ3) is 2.89. The van der Waals surface area contributed by atoms with Gasteiger partial charge in [-0.3, -0.25) is 4.21 Å². The van der Waals surface area contributed by atoms with Crippen LogP contribution >= 0.6 is 15.9 Å². The Bertz CT molecular complexity index is 439. The lowest BCUT2D eigenvalue weighted by Gasteiger charge is -2.14. The van der Waals surface area contributed by atoms with Crippen molar-refractivity contribution in [2.75, 3.05) is 12.3 Å². The van der Waals surface area contributed by atoms with Gasteiger partial charge >= 0.3 is 0 Å². The van der Waals surface area contributed by atoms with Gasteiger partial charge in [0.2, 0.25) is 0 Å². The minimum absolute atomic E-state index is 0.0932. The summed E-state index contributed by atoms with van der Waals surface area (Å²) in [5, 5.41) is 0.142. The number of halogens is 1. The predicted octanol–water partition coefficient (Wildman–Crippen LogP) is 2.46. The Kier molecular flexibility index (Phi) is 4.22. The number of hydrogen-bond donors (Lipinski definition) is 1. The van der Waals surface area contributed by atoms with Crippen LogP contribution in [-0.2, 0) is 21.3 Å². The zero-order chi connectivity index (χ0) is 12.4. The van der Waals surface area contributed by atoms with E-state index in [2.05, 4.69) is 15.9 Å². The molecular weight excluding hydrogens is 302 g/mol. The van der Waals surface area contributed by atoms with Crippen LogP contribution in [0.25, 0.3) is 0 Å². The highest BCUT2D eigenvalue weighted by Gasteiger charge is 2.29. The van der Waals surface area contributed by atoms with Gasteiger partial charge in [-0.15, -0.1) is 0 Å². The Labute approximate surface area is 112 Å². The summed E-state index contributed by atoms with van der Waals surface area (Å²) in [4.78, 5) is 0. The summed E-state index contributed by atoms with van der Waals surface area (Å²) in [5.74, 6) is 0.532. The fraction of sp³-hybridized carbons (Fsp3) is 0.500. The first-order valence-corrected chi connectivity index (χ1v) is 7.78. The van der Waals surface area contributed by atoms with Crippen molar-refractivity contribution in [3.8, 4) is 0 Å². The molecule has 0 amide bonds. The number of rotatable bonds is 3. The van der Waals surface area contributed by atoms with Crippen molar-refractivity contribution in [3.63, 3.8) is 0 Å². The van der Waals surface area contributed by atoms with Gasteiger partial charge in [-0.2, -0.15) is 0 Å². The summed E-state index contributed by atoms with van der Waals surface area (Å²) in [6.45, 7) is 2.71. The molecule has 2 rings (SSSR count). The van der Waals surface area contributed by atoms with E-state index < -0.39 is 10.8 Å². The Morgan fingerprint density at radius 2 is 2.35 bits per heavy atom. The fourth-order valence-electron chi connectivity index (χ4n) is 2.03. The maximum atomic E-state index is 12.3. The van der Waals surface area contributed by atoms with Gasteiger partial charge < -0.3 is 10.5 Å². The molecule has 0 aromatic heterocycles. The SMILES string of the molecule is CC1OCCC1S(=O)Cc1cccc(N)c1Br. The third-order valence-electron chi connectivity index (χ3n) is 3.05. The number of anilines is 1. The predicted molar refractivity (Wildman–Crippen MR) is 74.2 cm³/mol. The van der Waals surface area contributed by atoms with E-state index in [1.165, 1.54) is 0 Å². The third-order valence-corrected chi connectivity index (χ3v) is 5.91. The molecule has 1 aromatic carbocycles. The highest BCUT2D eigenvalue weighted by atomic mass is 79.9. The molecule has 94 valence electrons. The molecular formula is C12H16BrNO2S.